The number of rotatable bonds is 6. The van der Waals surface area contributed by atoms with Crippen molar-refractivity contribution < 1.29 is 4.74 Å². The van der Waals surface area contributed by atoms with Crippen LogP contribution >= 0.6 is 48.0 Å². The van der Waals surface area contributed by atoms with Crippen LogP contribution in [0.4, 0.5) is 5.95 Å². The van der Waals surface area contributed by atoms with Crippen molar-refractivity contribution >= 4 is 60.2 Å². The fourth-order valence-corrected chi connectivity index (χ4v) is 2.73. The van der Waals surface area contributed by atoms with Crippen LogP contribution in [0, 0.1) is 6.92 Å². The number of aromatic nitrogens is 3. The van der Waals surface area contributed by atoms with Gasteiger partial charge in [-0.05, 0) is 24.6 Å². The van der Waals surface area contributed by atoms with E-state index in [0.717, 1.165) is 5.56 Å². The number of anilines is 1. The number of nitrogen functional groups attached to an aromatic ring is 1. The Balaban J connectivity index is 0.00000196. The van der Waals surface area contributed by atoms with Crippen molar-refractivity contribution in [3.8, 4) is 5.75 Å². The van der Waals surface area contributed by atoms with Crippen LogP contribution in [0.3, 0.4) is 0 Å². The van der Waals surface area contributed by atoms with Crippen molar-refractivity contribution in [2.45, 2.75) is 13.5 Å². The summed E-state index contributed by atoms with van der Waals surface area (Å²) in [5.41, 5.74) is 4.35. The number of hydrazone groups is 1. The lowest BCUT2D eigenvalue weighted by molar-refractivity contribution is 0.306. The first-order chi connectivity index (χ1) is 12.5. The molecule has 0 unspecified atom stereocenters. The Morgan fingerprint density at radius 2 is 1.89 bits per heavy atom. The van der Waals surface area contributed by atoms with Gasteiger partial charge in [-0.25, -0.2) is 10.1 Å². The maximum atomic E-state index is 6.29. The second-order valence-electron chi connectivity index (χ2n) is 5.39. The molecular formula is C17H18Cl4N6O. The van der Waals surface area contributed by atoms with Crippen molar-refractivity contribution in [2.24, 2.45) is 5.10 Å². The molecule has 1 heterocycles. The molecule has 1 aromatic heterocycles. The first-order valence-electron chi connectivity index (χ1n) is 7.66. The highest BCUT2D eigenvalue weighted by molar-refractivity contribution is 6.36. The number of hydrogen-bond donors (Lipinski definition) is 2. The van der Waals surface area contributed by atoms with Crippen molar-refractivity contribution in [3.05, 3.63) is 69.5 Å². The number of nitrogens with one attached hydrogen (secondary N) is 1. The van der Waals surface area contributed by atoms with E-state index in [1.165, 1.54) is 10.9 Å². The third-order valence-electron chi connectivity index (χ3n) is 3.50. The lowest BCUT2D eigenvalue weighted by atomic mass is 10.2. The van der Waals surface area contributed by atoms with Crippen LogP contribution in [0.15, 0.2) is 47.6 Å². The van der Waals surface area contributed by atoms with Gasteiger partial charge in [0.15, 0.2) is 5.82 Å². The molecule has 0 fully saturated rings. The molecule has 7 nitrogen and oxygen atoms in total. The van der Waals surface area contributed by atoms with E-state index in [1.807, 2.05) is 30.3 Å². The lowest BCUT2D eigenvalue weighted by Crippen LogP contribution is -2.13. The summed E-state index contributed by atoms with van der Waals surface area (Å²) >= 11 is 12.4. The predicted octanol–water partition coefficient (Wildman–Crippen LogP) is 4.48. The number of ether oxygens (including phenoxy) is 1. The summed E-state index contributed by atoms with van der Waals surface area (Å²) in [6.07, 6.45) is 1.53. The van der Waals surface area contributed by atoms with E-state index in [4.69, 9.17) is 33.8 Å². The topological polar surface area (TPSA) is 90.4 Å². The van der Waals surface area contributed by atoms with E-state index < -0.39 is 0 Å². The van der Waals surface area contributed by atoms with Crippen molar-refractivity contribution in [2.75, 3.05) is 11.3 Å². The molecule has 0 atom stereocenters. The molecule has 150 valence electrons. The number of hydrogen-bond acceptors (Lipinski definition) is 6. The molecule has 28 heavy (non-hydrogen) atoms. The summed E-state index contributed by atoms with van der Waals surface area (Å²) < 4.78 is 7.16. The van der Waals surface area contributed by atoms with Crippen LogP contribution in [0.5, 0.6) is 5.75 Å². The van der Waals surface area contributed by atoms with Gasteiger partial charge in [0.2, 0.25) is 0 Å². The first kappa shape index (κ1) is 23.8. The molecule has 0 spiro atoms. The van der Waals surface area contributed by atoms with Crippen LogP contribution < -0.4 is 16.0 Å². The van der Waals surface area contributed by atoms with Crippen LogP contribution in [0.2, 0.25) is 10.0 Å². The highest BCUT2D eigenvalue weighted by Gasteiger charge is 2.10. The average Bonchev–Trinajstić information content (AvgIpc) is 2.94. The molecule has 0 saturated heterocycles. The third-order valence-corrected chi connectivity index (χ3v) is 4.00. The smallest absolute Gasteiger partial charge is 0.263 e. The number of nitrogens with two attached hydrogens (primary N) is 1. The normalized spacial score (nSPS) is 10.2. The predicted molar refractivity (Wildman–Crippen MR) is 118 cm³/mol. The van der Waals surface area contributed by atoms with Gasteiger partial charge in [-0.3, -0.25) is 0 Å². The SMILES string of the molecule is Cc1nnc(NN=Cc2cc(Cl)cc(Cl)c2OCc2ccccc2)n1N.Cl.Cl. The minimum Gasteiger partial charge on any atom is -0.487 e. The summed E-state index contributed by atoms with van der Waals surface area (Å²) in [6.45, 7) is 2.10. The molecular weight excluding hydrogens is 446 g/mol. The number of benzene rings is 2. The van der Waals surface area contributed by atoms with Gasteiger partial charge in [0, 0.05) is 10.6 Å². The molecule has 0 saturated carbocycles. The zero-order valence-corrected chi connectivity index (χ0v) is 17.8. The third kappa shape index (κ3) is 5.90. The van der Waals surface area contributed by atoms with Crippen molar-refractivity contribution in [1.29, 1.82) is 0 Å². The second-order valence-corrected chi connectivity index (χ2v) is 6.23. The Bertz CT molecular complexity index is 933. The van der Waals surface area contributed by atoms with Crippen LogP contribution in [0.1, 0.15) is 17.0 Å². The maximum Gasteiger partial charge on any atom is 0.263 e. The number of aryl methyl sites for hydroxylation is 1. The van der Waals surface area contributed by atoms with E-state index in [-0.39, 0.29) is 24.8 Å². The Hall–Kier alpha value is -2.19. The van der Waals surface area contributed by atoms with E-state index in [1.54, 1.807) is 19.1 Å². The molecule has 0 radical (unpaired) electrons. The van der Waals surface area contributed by atoms with E-state index in [2.05, 4.69) is 20.7 Å². The average molecular weight is 464 g/mol. The van der Waals surface area contributed by atoms with Crippen LogP contribution in [-0.2, 0) is 6.61 Å². The maximum absolute atomic E-state index is 6.29. The summed E-state index contributed by atoms with van der Waals surface area (Å²) in [6, 6.07) is 13.1. The highest BCUT2D eigenvalue weighted by atomic mass is 35.5. The van der Waals surface area contributed by atoms with E-state index in [9.17, 15) is 0 Å². The molecule has 2 aromatic carbocycles. The van der Waals surface area contributed by atoms with Gasteiger partial charge in [0.05, 0.1) is 11.2 Å². The zero-order chi connectivity index (χ0) is 18.5. The van der Waals surface area contributed by atoms with Crippen molar-refractivity contribution in [1.82, 2.24) is 14.9 Å². The second kappa shape index (κ2) is 11.0. The van der Waals surface area contributed by atoms with Gasteiger partial charge in [-0.2, -0.15) is 5.10 Å². The number of halogens is 4. The summed E-state index contributed by atoms with van der Waals surface area (Å²) in [7, 11) is 0. The van der Waals surface area contributed by atoms with Crippen LogP contribution in [-0.4, -0.2) is 21.1 Å². The molecule has 3 N–H and O–H groups in total. The van der Waals surface area contributed by atoms with Crippen LogP contribution in [0.25, 0.3) is 0 Å². The van der Waals surface area contributed by atoms with Crippen molar-refractivity contribution in [3.63, 3.8) is 0 Å². The van der Waals surface area contributed by atoms with E-state index in [0.29, 0.717) is 39.7 Å². The Labute approximate surface area is 184 Å². The standard InChI is InChI=1S/C17H16Cl2N6O.2ClH/c1-11-22-24-17(25(11)20)23-21-9-13-7-14(18)8-15(19)16(13)26-10-12-5-3-2-4-6-12;;/h2-9H,10,20H2,1H3,(H,23,24);2*1H. The Morgan fingerprint density at radius 3 is 2.54 bits per heavy atom. The van der Waals surface area contributed by atoms with Gasteiger partial charge >= 0.3 is 0 Å². The quantitative estimate of drug-likeness (QED) is 0.319. The fraction of sp³-hybridized carbons (Fsp3) is 0.118. The first-order valence-corrected chi connectivity index (χ1v) is 8.42. The molecule has 0 bridgehead atoms. The highest BCUT2D eigenvalue weighted by Crippen LogP contribution is 2.32. The lowest BCUT2D eigenvalue weighted by Gasteiger charge is -2.11. The zero-order valence-electron chi connectivity index (χ0n) is 14.7. The minimum atomic E-state index is 0. The molecule has 11 heteroatoms. The Morgan fingerprint density at radius 1 is 1.18 bits per heavy atom. The van der Waals surface area contributed by atoms with Gasteiger partial charge < -0.3 is 10.6 Å². The molecule has 0 amide bonds. The Kier molecular flexibility index (Phi) is 9.34. The summed E-state index contributed by atoms with van der Waals surface area (Å²) in [5.74, 6) is 7.10. The molecule has 0 aliphatic heterocycles. The largest absolute Gasteiger partial charge is 0.487 e. The van der Waals surface area contributed by atoms with E-state index >= 15 is 0 Å². The van der Waals surface area contributed by atoms with Gasteiger partial charge in [-0.1, -0.05) is 53.5 Å². The molecule has 3 aromatic rings. The molecule has 0 aliphatic rings. The fourth-order valence-electron chi connectivity index (χ4n) is 2.16. The number of nitrogens with zero attached hydrogens (tertiary/aromatic N) is 4. The minimum absolute atomic E-state index is 0. The monoisotopic (exact) mass is 462 g/mol. The summed E-state index contributed by atoms with van der Waals surface area (Å²) in [5, 5.41) is 12.7. The molecule has 3 rings (SSSR count). The van der Waals surface area contributed by atoms with Gasteiger partial charge in [0.1, 0.15) is 12.4 Å². The molecule has 0 aliphatic carbocycles. The summed E-state index contributed by atoms with van der Waals surface area (Å²) in [4.78, 5) is 0. The van der Waals surface area contributed by atoms with Gasteiger partial charge in [-0.15, -0.1) is 35.0 Å². The van der Waals surface area contributed by atoms with Gasteiger partial charge in [0.25, 0.3) is 5.95 Å².